The maximum atomic E-state index is 14.7. The molecule has 2 aromatic heterocycles. The molecule has 0 spiro atoms. The fourth-order valence-electron chi connectivity index (χ4n) is 4.09. The first-order valence-electron chi connectivity index (χ1n) is 13.6. The number of ether oxygens (including phenoxy) is 2. The van der Waals surface area contributed by atoms with Crippen LogP contribution in [0, 0.1) is 22.9 Å². The second-order valence-electron chi connectivity index (χ2n) is 9.37. The fraction of sp³-hybridized carbons (Fsp3) is 0.300. The maximum Gasteiger partial charge on any atom is 0.426 e. The Bertz CT molecular complexity index is 1640. The van der Waals surface area contributed by atoms with E-state index in [0.717, 1.165) is 18.2 Å². The van der Waals surface area contributed by atoms with Crippen molar-refractivity contribution in [3.05, 3.63) is 106 Å². The van der Waals surface area contributed by atoms with Crippen LogP contribution in [0.4, 0.5) is 36.4 Å². The van der Waals surface area contributed by atoms with Crippen LogP contribution in [0.2, 0.25) is 0 Å². The average Bonchev–Trinajstić information content (AvgIpc) is 3.47. The summed E-state index contributed by atoms with van der Waals surface area (Å²) in [4.78, 5) is 14.1. The molecule has 0 aliphatic carbocycles. The normalized spacial score (nSPS) is 12.9. The number of benzene rings is 2. The van der Waals surface area contributed by atoms with Gasteiger partial charge in [0.05, 0.1) is 11.5 Å². The predicted octanol–water partition coefficient (Wildman–Crippen LogP) is 9.27. The SMILES string of the molecule is C=CCCC(OCc1ccccc1)(c1nnc(-c2nc(Oc3cc(C)cc(F)c3)c(C(F)(F)F)cc2[N+](=O)[O-])o1)C(F)(F)F.CC. The third-order valence-electron chi connectivity index (χ3n) is 6.16. The topological polar surface area (TPSA) is 113 Å². The van der Waals surface area contributed by atoms with Crippen LogP contribution < -0.4 is 4.74 Å². The molecule has 4 aromatic rings. The molecule has 16 heteroatoms. The highest BCUT2D eigenvalue weighted by Crippen LogP contribution is 2.47. The molecule has 0 saturated carbocycles. The number of halogens is 7. The van der Waals surface area contributed by atoms with Crippen LogP contribution in [0.15, 0.2) is 71.7 Å². The average molecular weight is 657 g/mol. The summed E-state index contributed by atoms with van der Waals surface area (Å²) in [7, 11) is 0. The summed E-state index contributed by atoms with van der Waals surface area (Å²) in [6.45, 7) is 8.28. The van der Waals surface area contributed by atoms with Crippen molar-refractivity contribution < 1.29 is 49.5 Å². The van der Waals surface area contributed by atoms with Crippen LogP contribution in [0.5, 0.6) is 11.6 Å². The molecular formula is C30H27F7N4O5. The van der Waals surface area contributed by atoms with Gasteiger partial charge < -0.3 is 13.9 Å². The summed E-state index contributed by atoms with van der Waals surface area (Å²) >= 11 is 0. The van der Waals surface area contributed by atoms with Crippen LogP contribution >= 0.6 is 0 Å². The molecule has 0 aliphatic heterocycles. The Balaban J connectivity index is 0.00000282. The molecule has 2 heterocycles. The van der Waals surface area contributed by atoms with Crippen molar-refractivity contribution in [1.29, 1.82) is 0 Å². The first-order chi connectivity index (χ1) is 21.6. The lowest BCUT2D eigenvalue weighted by atomic mass is 9.96. The van der Waals surface area contributed by atoms with E-state index >= 15 is 0 Å². The van der Waals surface area contributed by atoms with Gasteiger partial charge in [-0.15, -0.1) is 16.8 Å². The molecule has 0 fully saturated rings. The minimum atomic E-state index is -5.25. The van der Waals surface area contributed by atoms with Gasteiger partial charge in [-0.1, -0.05) is 50.3 Å². The lowest BCUT2D eigenvalue weighted by molar-refractivity contribution is -0.384. The molecule has 2 aromatic carbocycles. The number of nitro groups is 1. The minimum Gasteiger partial charge on any atom is -0.438 e. The van der Waals surface area contributed by atoms with E-state index in [1.165, 1.54) is 25.1 Å². The van der Waals surface area contributed by atoms with Gasteiger partial charge in [0.1, 0.15) is 17.1 Å². The van der Waals surface area contributed by atoms with Crippen molar-refractivity contribution >= 4 is 5.69 Å². The molecule has 46 heavy (non-hydrogen) atoms. The van der Waals surface area contributed by atoms with Gasteiger partial charge in [-0.25, -0.2) is 9.37 Å². The number of pyridine rings is 1. The van der Waals surface area contributed by atoms with Crippen molar-refractivity contribution in [2.24, 2.45) is 0 Å². The smallest absolute Gasteiger partial charge is 0.426 e. The number of nitrogens with zero attached hydrogens (tertiary/aromatic N) is 4. The van der Waals surface area contributed by atoms with Crippen molar-refractivity contribution in [1.82, 2.24) is 15.2 Å². The van der Waals surface area contributed by atoms with Gasteiger partial charge in [-0.2, -0.15) is 26.3 Å². The van der Waals surface area contributed by atoms with E-state index in [9.17, 15) is 40.8 Å². The Morgan fingerprint density at radius 2 is 1.70 bits per heavy atom. The number of alkyl halides is 6. The van der Waals surface area contributed by atoms with Crippen LogP contribution in [-0.2, 0) is 23.1 Å². The highest BCUT2D eigenvalue weighted by molar-refractivity contribution is 5.65. The Hall–Kier alpha value is -4.86. The quantitative estimate of drug-likeness (QED) is 0.0680. The second-order valence-corrected chi connectivity index (χ2v) is 9.37. The zero-order valence-electron chi connectivity index (χ0n) is 24.6. The highest BCUT2D eigenvalue weighted by Gasteiger charge is 2.61. The van der Waals surface area contributed by atoms with Crippen molar-refractivity contribution in [2.75, 3.05) is 0 Å². The minimum absolute atomic E-state index is 0.0499. The molecule has 0 radical (unpaired) electrons. The van der Waals surface area contributed by atoms with E-state index < -0.39 is 82.1 Å². The third-order valence-corrected chi connectivity index (χ3v) is 6.16. The Morgan fingerprint density at radius 1 is 1.02 bits per heavy atom. The zero-order chi connectivity index (χ0) is 34.3. The van der Waals surface area contributed by atoms with Gasteiger partial charge in [0.25, 0.3) is 11.8 Å². The summed E-state index contributed by atoms with van der Waals surface area (Å²) in [6.07, 6.45) is -10.3. The number of rotatable bonds is 11. The standard InChI is InChI=1S/C28H21F7N4O5.C2H6/c1-3-4-10-26(28(33,34)35,42-15-17-8-6-5-7-9-17)25-38-37-24(44-25)22-21(39(40)41)14-20(27(30,31)32)23(36-22)43-19-12-16(2)11-18(29)13-19;1-2/h3,5-9,11-14H,1,4,10,15H2,2H3;1-2H3. The van der Waals surface area contributed by atoms with Crippen LogP contribution in [0.25, 0.3) is 11.6 Å². The molecular weight excluding hydrogens is 629 g/mol. The van der Waals surface area contributed by atoms with E-state index in [2.05, 4.69) is 21.8 Å². The molecule has 0 saturated heterocycles. The fourth-order valence-corrected chi connectivity index (χ4v) is 4.09. The first kappa shape index (κ1) is 35.6. The number of hydrogen-bond donors (Lipinski definition) is 0. The van der Waals surface area contributed by atoms with E-state index in [1.807, 2.05) is 13.8 Å². The molecule has 0 N–H and O–H groups in total. The second kappa shape index (κ2) is 14.5. The highest BCUT2D eigenvalue weighted by atomic mass is 19.4. The predicted molar refractivity (Wildman–Crippen MR) is 150 cm³/mol. The first-order valence-corrected chi connectivity index (χ1v) is 13.6. The van der Waals surface area contributed by atoms with E-state index in [-0.39, 0.29) is 18.1 Å². The summed E-state index contributed by atoms with van der Waals surface area (Å²) in [5.41, 5.74) is -6.72. The Labute approximate surface area is 257 Å². The molecule has 0 bridgehead atoms. The Kier molecular flexibility index (Phi) is 11.2. The molecule has 0 aliphatic rings. The molecule has 9 nitrogen and oxygen atoms in total. The number of allylic oxidation sites excluding steroid dienone is 1. The number of hydrogen-bond acceptors (Lipinski definition) is 8. The van der Waals surface area contributed by atoms with Gasteiger partial charge >= 0.3 is 18.0 Å². The maximum absolute atomic E-state index is 14.7. The van der Waals surface area contributed by atoms with Crippen molar-refractivity contribution in [2.45, 2.75) is 58.2 Å². The van der Waals surface area contributed by atoms with Crippen LogP contribution in [0.3, 0.4) is 0 Å². The van der Waals surface area contributed by atoms with Gasteiger partial charge in [0, 0.05) is 12.1 Å². The monoisotopic (exact) mass is 656 g/mol. The van der Waals surface area contributed by atoms with Crippen LogP contribution in [0.1, 0.15) is 49.3 Å². The van der Waals surface area contributed by atoms with Crippen molar-refractivity contribution in [3.8, 4) is 23.2 Å². The van der Waals surface area contributed by atoms with E-state index in [0.29, 0.717) is 5.56 Å². The van der Waals surface area contributed by atoms with Crippen molar-refractivity contribution in [3.63, 3.8) is 0 Å². The zero-order valence-corrected chi connectivity index (χ0v) is 24.6. The summed E-state index contributed by atoms with van der Waals surface area (Å²) < 4.78 is 115. The Morgan fingerprint density at radius 3 is 2.26 bits per heavy atom. The lowest BCUT2D eigenvalue weighted by Gasteiger charge is -2.32. The third kappa shape index (κ3) is 8.04. The summed E-state index contributed by atoms with van der Waals surface area (Å²) in [5, 5.41) is 18.7. The van der Waals surface area contributed by atoms with Gasteiger partial charge in [0.15, 0.2) is 0 Å². The van der Waals surface area contributed by atoms with Gasteiger partial charge in [-0.05, 0) is 43.0 Å². The number of aryl methyl sites for hydroxylation is 1. The largest absolute Gasteiger partial charge is 0.438 e. The van der Waals surface area contributed by atoms with Crippen LogP contribution in [-0.4, -0.2) is 26.3 Å². The van der Waals surface area contributed by atoms with Gasteiger partial charge in [0.2, 0.25) is 17.2 Å². The molecule has 4 rings (SSSR count). The molecule has 0 amide bonds. The van der Waals surface area contributed by atoms with E-state index in [4.69, 9.17) is 13.9 Å². The lowest BCUT2D eigenvalue weighted by Crippen LogP contribution is -2.45. The van der Waals surface area contributed by atoms with E-state index in [1.54, 1.807) is 18.2 Å². The van der Waals surface area contributed by atoms with Gasteiger partial charge in [-0.3, -0.25) is 10.1 Å². The molecule has 246 valence electrons. The summed E-state index contributed by atoms with van der Waals surface area (Å²) in [6, 6.07) is 10.8. The molecule has 1 atom stereocenters. The summed E-state index contributed by atoms with van der Waals surface area (Å²) in [5.74, 6) is -4.80. The molecule has 1 unspecified atom stereocenters. The number of aromatic nitrogens is 3.